The third-order valence-corrected chi connectivity index (χ3v) is 6.12. The monoisotopic (exact) mass is 440 g/mol. The van der Waals surface area contributed by atoms with Gasteiger partial charge in [-0.3, -0.25) is 14.1 Å². The van der Waals surface area contributed by atoms with E-state index in [1.807, 2.05) is 19.1 Å². The molecule has 2 aromatic carbocycles. The molecule has 0 aliphatic heterocycles. The Labute approximate surface area is 181 Å². The molecule has 0 radical (unpaired) electrons. The van der Waals surface area contributed by atoms with Crippen molar-refractivity contribution in [2.75, 3.05) is 29.3 Å². The van der Waals surface area contributed by atoms with Crippen molar-refractivity contribution in [1.29, 1.82) is 0 Å². The van der Waals surface area contributed by atoms with E-state index in [2.05, 4.69) is 10.3 Å². The summed E-state index contributed by atoms with van der Waals surface area (Å²) in [5, 5.41) is 3.21. The summed E-state index contributed by atoms with van der Waals surface area (Å²) in [5.41, 5.74) is 7.36. The van der Waals surface area contributed by atoms with E-state index < -0.39 is 22.5 Å². The molecule has 1 heterocycles. The first kappa shape index (κ1) is 22.1. The summed E-state index contributed by atoms with van der Waals surface area (Å²) in [7, 11) is -3.99. The maximum Gasteiger partial charge on any atom is 0.264 e. The molecule has 162 valence electrons. The van der Waals surface area contributed by atoms with E-state index in [1.165, 1.54) is 12.1 Å². The second-order valence-electron chi connectivity index (χ2n) is 6.81. The zero-order chi connectivity index (χ0) is 22.3. The number of carbonyl (C=O) groups is 1. The van der Waals surface area contributed by atoms with Gasteiger partial charge < -0.3 is 15.8 Å². The van der Waals surface area contributed by atoms with Crippen LogP contribution in [0.5, 0.6) is 5.75 Å². The minimum atomic E-state index is -3.99. The summed E-state index contributed by atoms with van der Waals surface area (Å²) in [4.78, 5) is 15.7. The number of rotatable bonds is 10. The molecule has 0 fully saturated rings. The van der Waals surface area contributed by atoms with Gasteiger partial charge in [0, 0.05) is 30.7 Å². The quantitative estimate of drug-likeness (QED) is 0.468. The molecule has 0 bridgehead atoms. The van der Waals surface area contributed by atoms with Crippen LogP contribution in [0.4, 0.5) is 11.4 Å². The van der Waals surface area contributed by atoms with Crippen molar-refractivity contribution in [2.24, 2.45) is 5.73 Å². The minimum absolute atomic E-state index is 0.0711. The average Bonchev–Trinajstić information content (AvgIpc) is 2.76. The van der Waals surface area contributed by atoms with Crippen molar-refractivity contribution < 1.29 is 17.9 Å². The standard InChI is InChI=1S/C22H24N4O4S/c1-17-13-19(15-20(14-17)30-12-11-25-18-7-9-24-10-8-18)26(16-22(23)27)31(28,29)21-5-3-2-4-6-21/h2-10,13-15H,11-12,16H2,1H3,(H2,23,27)(H,24,25). The van der Waals surface area contributed by atoms with Gasteiger partial charge in [-0.25, -0.2) is 8.42 Å². The van der Waals surface area contributed by atoms with E-state index in [9.17, 15) is 13.2 Å². The number of hydrogen-bond acceptors (Lipinski definition) is 6. The normalized spacial score (nSPS) is 11.0. The number of aryl methyl sites for hydroxylation is 1. The number of nitrogens with two attached hydrogens (primary N) is 1. The second kappa shape index (κ2) is 9.94. The van der Waals surface area contributed by atoms with E-state index in [0.29, 0.717) is 24.6 Å². The van der Waals surface area contributed by atoms with Crippen molar-refractivity contribution in [3.63, 3.8) is 0 Å². The van der Waals surface area contributed by atoms with E-state index in [4.69, 9.17) is 10.5 Å². The summed E-state index contributed by atoms with van der Waals surface area (Å²) >= 11 is 0. The number of nitrogens with zero attached hydrogens (tertiary/aromatic N) is 2. The number of benzene rings is 2. The molecular weight excluding hydrogens is 416 g/mol. The van der Waals surface area contributed by atoms with E-state index in [-0.39, 0.29) is 4.90 Å². The summed E-state index contributed by atoms with van der Waals surface area (Å²) < 4.78 is 33.1. The Bertz CT molecular complexity index is 1120. The van der Waals surface area contributed by atoms with Gasteiger partial charge >= 0.3 is 0 Å². The Balaban J connectivity index is 1.80. The van der Waals surface area contributed by atoms with Crippen molar-refractivity contribution in [2.45, 2.75) is 11.8 Å². The van der Waals surface area contributed by atoms with Gasteiger partial charge in [-0.2, -0.15) is 0 Å². The van der Waals surface area contributed by atoms with Crippen LogP contribution in [-0.4, -0.2) is 39.0 Å². The topological polar surface area (TPSA) is 115 Å². The molecule has 0 unspecified atom stereocenters. The first-order valence-corrected chi connectivity index (χ1v) is 11.0. The molecule has 8 nitrogen and oxygen atoms in total. The number of pyridine rings is 1. The number of carbonyl (C=O) groups excluding carboxylic acids is 1. The molecule has 0 saturated heterocycles. The number of aromatic nitrogens is 1. The van der Waals surface area contributed by atoms with Crippen LogP contribution in [0.15, 0.2) is 78.0 Å². The van der Waals surface area contributed by atoms with Gasteiger partial charge in [-0.05, 0) is 48.9 Å². The summed E-state index contributed by atoms with van der Waals surface area (Å²) in [6.07, 6.45) is 3.38. The molecule has 31 heavy (non-hydrogen) atoms. The predicted molar refractivity (Wildman–Crippen MR) is 120 cm³/mol. The molecule has 3 rings (SSSR count). The lowest BCUT2D eigenvalue weighted by molar-refractivity contribution is -0.116. The first-order chi connectivity index (χ1) is 14.9. The zero-order valence-corrected chi connectivity index (χ0v) is 17.9. The number of anilines is 2. The van der Waals surface area contributed by atoms with Crippen molar-refractivity contribution in [1.82, 2.24) is 4.98 Å². The lowest BCUT2D eigenvalue weighted by Crippen LogP contribution is -2.38. The summed E-state index contributed by atoms with van der Waals surface area (Å²) in [6, 6.07) is 16.7. The fourth-order valence-corrected chi connectivity index (χ4v) is 4.40. The number of sulfonamides is 1. The largest absolute Gasteiger partial charge is 0.492 e. The highest BCUT2D eigenvalue weighted by molar-refractivity contribution is 7.92. The van der Waals surface area contributed by atoms with Gasteiger partial charge in [0.15, 0.2) is 0 Å². The van der Waals surface area contributed by atoms with Gasteiger partial charge in [0.1, 0.15) is 18.9 Å². The Kier molecular flexibility index (Phi) is 7.09. The van der Waals surface area contributed by atoms with Gasteiger partial charge in [-0.15, -0.1) is 0 Å². The van der Waals surface area contributed by atoms with Gasteiger partial charge in [0.25, 0.3) is 10.0 Å². The SMILES string of the molecule is Cc1cc(OCCNc2ccncc2)cc(N(CC(N)=O)S(=O)(=O)c2ccccc2)c1. The van der Waals surface area contributed by atoms with Crippen LogP contribution in [0, 0.1) is 6.92 Å². The molecule has 3 aromatic rings. The molecule has 0 atom stereocenters. The third-order valence-electron chi connectivity index (χ3n) is 4.33. The van der Waals surface area contributed by atoms with E-state index in [1.54, 1.807) is 48.8 Å². The Morgan fingerprint density at radius 2 is 1.81 bits per heavy atom. The second-order valence-corrected chi connectivity index (χ2v) is 8.67. The van der Waals surface area contributed by atoms with Crippen molar-refractivity contribution in [3.05, 3.63) is 78.6 Å². The lowest BCUT2D eigenvalue weighted by atomic mass is 10.2. The number of ether oxygens (including phenoxy) is 1. The van der Waals surface area contributed by atoms with Crippen LogP contribution >= 0.6 is 0 Å². The maximum absolute atomic E-state index is 13.2. The molecule has 3 N–H and O–H groups in total. The minimum Gasteiger partial charge on any atom is -0.492 e. The molecule has 0 aliphatic carbocycles. The number of nitrogens with one attached hydrogen (secondary N) is 1. The Hall–Kier alpha value is -3.59. The highest BCUT2D eigenvalue weighted by atomic mass is 32.2. The van der Waals surface area contributed by atoms with Crippen LogP contribution in [-0.2, 0) is 14.8 Å². The highest BCUT2D eigenvalue weighted by Gasteiger charge is 2.27. The molecule has 1 aromatic heterocycles. The highest BCUT2D eigenvalue weighted by Crippen LogP contribution is 2.28. The van der Waals surface area contributed by atoms with E-state index in [0.717, 1.165) is 15.6 Å². The van der Waals surface area contributed by atoms with Crippen LogP contribution in [0.25, 0.3) is 0 Å². The summed E-state index contributed by atoms with van der Waals surface area (Å²) in [5.74, 6) is -0.269. The van der Waals surface area contributed by atoms with Crippen LogP contribution in [0.2, 0.25) is 0 Å². The molecular formula is C22H24N4O4S. The summed E-state index contributed by atoms with van der Waals surface area (Å²) in [6.45, 7) is 2.24. The fraction of sp³-hybridized carbons (Fsp3) is 0.182. The molecule has 0 aliphatic rings. The maximum atomic E-state index is 13.2. The predicted octanol–water partition coefficient (Wildman–Crippen LogP) is 2.56. The first-order valence-electron chi connectivity index (χ1n) is 9.61. The molecule has 1 amide bonds. The van der Waals surface area contributed by atoms with Crippen LogP contribution in [0.3, 0.4) is 0 Å². The van der Waals surface area contributed by atoms with Crippen molar-refractivity contribution >= 4 is 27.3 Å². The molecule has 0 saturated carbocycles. The van der Waals surface area contributed by atoms with Gasteiger partial charge in [-0.1, -0.05) is 18.2 Å². The fourth-order valence-electron chi connectivity index (χ4n) is 2.97. The molecule has 9 heteroatoms. The van der Waals surface area contributed by atoms with E-state index >= 15 is 0 Å². The number of primary amides is 1. The zero-order valence-electron chi connectivity index (χ0n) is 17.1. The van der Waals surface area contributed by atoms with Crippen LogP contribution < -0.4 is 20.1 Å². The van der Waals surface area contributed by atoms with Crippen molar-refractivity contribution in [3.8, 4) is 5.75 Å². The average molecular weight is 441 g/mol. The molecule has 0 spiro atoms. The Morgan fingerprint density at radius 1 is 1.10 bits per heavy atom. The Morgan fingerprint density at radius 3 is 2.48 bits per heavy atom. The smallest absolute Gasteiger partial charge is 0.264 e. The lowest BCUT2D eigenvalue weighted by Gasteiger charge is -2.24. The van der Waals surface area contributed by atoms with Crippen LogP contribution in [0.1, 0.15) is 5.56 Å². The van der Waals surface area contributed by atoms with Gasteiger partial charge in [0.2, 0.25) is 5.91 Å². The van der Waals surface area contributed by atoms with Gasteiger partial charge in [0.05, 0.1) is 10.6 Å². The number of amides is 1. The number of hydrogen-bond donors (Lipinski definition) is 2. The third kappa shape index (κ3) is 5.95.